The molecule has 0 saturated heterocycles. The molecule has 1 N–H and O–H groups in total. The number of carbonyl (C=O) groups is 1. The van der Waals surface area contributed by atoms with E-state index >= 15 is 0 Å². The second-order valence-electron chi connectivity index (χ2n) is 5.63. The van der Waals surface area contributed by atoms with Gasteiger partial charge in [-0.05, 0) is 32.6 Å². The molecular formula is C13H22O3. The van der Waals surface area contributed by atoms with E-state index in [-0.39, 0.29) is 24.1 Å². The van der Waals surface area contributed by atoms with Gasteiger partial charge in [-0.25, -0.2) is 0 Å². The third kappa shape index (κ3) is 2.29. The second-order valence-corrected chi connectivity index (χ2v) is 5.63. The molecule has 0 aliphatic heterocycles. The molecule has 1 aliphatic carbocycles. The molecule has 1 unspecified atom stereocenters. The Labute approximate surface area is 97.5 Å². The van der Waals surface area contributed by atoms with Gasteiger partial charge in [-0.15, -0.1) is 0 Å². The van der Waals surface area contributed by atoms with Gasteiger partial charge in [0, 0.05) is 0 Å². The minimum absolute atomic E-state index is 0.00715. The van der Waals surface area contributed by atoms with Crippen molar-refractivity contribution in [2.45, 2.75) is 47.1 Å². The van der Waals surface area contributed by atoms with Crippen molar-refractivity contribution in [1.29, 1.82) is 0 Å². The van der Waals surface area contributed by atoms with Gasteiger partial charge in [0.2, 0.25) is 0 Å². The second kappa shape index (κ2) is 4.21. The zero-order chi connectivity index (χ0) is 12.6. The first kappa shape index (κ1) is 13.2. The Kier molecular flexibility index (Phi) is 3.48. The van der Waals surface area contributed by atoms with Crippen LogP contribution in [0.1, 0.15) is 41.0 Å². The van der Waals surface area contributed by atoms with Crippen LogP contribution in [-0.2, 0) is 9.53 Å². The summed E-state index contributed by atoms with van der Waals surface area (Å²) in [5.74, 6) is -0.166. The van der Waals surface area contributed by atoms with E-state index in [0.29, 0.717) is 0 Å². The Hall–Kier alpha value is -0.830. The first-order valence-electron chi connectivity index (χ1n) is 5.75. The number of esters is 1. The summed E-state index contributed by atoms with van der Waals surface area (Å²) >= 11 is 0. The van der Waals surface area contributed by atoms with Crippen LogP contribution < -0.4 is 0 Å². The van der Waals surface area contributed by atoms with Gasteiger partial charge in [0.15, 0.2) is 0 Å². The molecule has 1 aliphatic rings. The average Bonchev–Trinajstić information content (AvgIpc) is 2.68. The normalized spacial score (nSPS) is 28.1. The number of aliphatic hydroxyl groups is 1. The van der Waals surface area contributed by atoms with Crippen molar-refractivity contribution in [2.24, 2.45) is 10.8 Å². The topological polar surface area (TPSA) is 46.5 Å². The molecular weight excluding hydrogens is 204 g/mol. The van der Waals surface area contributed by atoms with Gasteiger partial charge in [0.1, 0.15) is 0 Å². The quantitative estimate of drug-likeness (QED) is 0.591. The average molecular weight is 226 g/mol. The van der Waals surface area contributed by atoms with E-state index in [9.17, 15) is 4.79 Å². The monoisotopic (exact) mass is 226 g/mol. The molecule has 0 spiro atoms. The summed E-state index contributed by atoms with van der Waals surface area (Å²) in [4.78, 5) is 12.1. The Morgan fingerprint density at radius 3 is 2.31 bits per heavy atom. The summed E-state index contributed by atoms with van der Waals surface area (Å²) in [6.07, 6.45) is 2.57. The highest BCUT2D eigenvalue weighted by Crippen LogP contribution is 2.65. The summed E-state index contributed by atoms with van der Waals surface area (Å²) in [5, 5.41) is 9.04. The molecule has 1 saturated carbocycles. The van der Waals surface area contributed by atoms with Crippen LogP contribution in [0.2, 0.25) is 0 Å². The van der Waals surface area contributed by atoms with Crippen molar-refractivity contribution >= 4 is 5.97 Å². The standard InChI is InChI=1S/C13H22O3/c1-9(2)16-11(15)13(6-10(3)7-14)8-12(13,4)5/h6,9,14H,7-8H2,1-5H3. The molecule has 3 heteroatoms. The number of rotatable bonds is 4. The zero-order valence-electron chi connectivity index (χ0n) is 10.8. The van der Waals surface area contributed by atoms with Gasteiger partial charge in [-0.1, -0.05) is 25.5 Å². The van der Waals surface area contributed by atoms with Crippen molar-refractivity contribution < 1.29 is 14.6 Å². The Balaban J connectivity index is 2.89. The molecule has 0 amide bonds. The molecule has 1 atom stereocenters. The minimum Gasteiger partial charge on any atom is -0.462 e. The van der Waals surface area contributed by atoms with Crippen molar-refractivity contribution in [3.63, 3.8) is 0 Å². The molecule has 1 fully saturated rings. The largest absolute Gasteiger partial charge is 0.462 e. The molecule has 1 rings (SSSR count). The van der Waals surface area contributed by atoms with Gasteiger partial charge in [0.05, 0.1) is 18.1 Å². The van der Waals surface area contributed by atoms with Crippen LogP contribution in [0, 0.1) is 10.8 Å². The van der Waals surface area contributed by atoms with Crippen LogP contribution in [0.15, 0.2) is 11.6 Å². The maximum absolute atomic E-state index is 12.1. The van der Waals surface area contributed by atoms with Crippen LogP contribution in [0.3, 0.4) is 0 Å². The van der Waals surface area contributed by atoms with Gasteiger partial charge in [-0.2, -0.15) is 0 Å². The van der Waals surface area contributed by atoms with E-state index in [1.807, 2.05) is 26.8 Å². The summed E-state index contributed by atoms with van der Waals surface area (Å²) in [6.45, 7) is 9.63. The zero-order valence-corrected chi connectivity index (χ0v) is 10.8. The molecule has 16 heavy (non-hydrogen) atoms. The van der Waals surface area contributed by atoms with Crippen molar-refractivity contribution in [3.05, 3.63) is 11.6 Å². The highest BCUT2D eigenvalue weighted by Gasteiger charge is 2.66. The maximum atomic E-state index is 12.1. The highest BCUT2D eigenvalue weighted by molar-refractivity contribution is 5.84. The van der Waals surface area contributed by atoms with E-state index < -0.39 is 5.41 Å². The number of aliphatic hydroxyl groups excluding tert-OH is 1. The third-order valence-corrected chi connectivity index (χ3v) is 3.25. The summed E-state index contributed by atoms with van der Waals surface area (Å²) < 4.78 is 5.29. The first-order chi connectivity index (χ1) is 7.25. The maximum Gasteiger partial charge on any atom is 0.316 e. The van der Waals surface area contributed by atoms with E-state index in [2.05, 4.69) is 13.8 Å². The molecule has 0 aromatic rings. The lowest BCUT2D eigenvalue weighted by Crippen LogP contribution is -2.25. The number of ether oxygens (including phenoxy) is 1. The molecule has 0 radical (unpaired) electrons. The van der Waals surface area contributed by atoms with Gasteiger partial charge >= 0.3 is 5.97 Å². The molecule has 0 heterocycles. The third-order valence-electron chi connectivity index (χ3n) is 3.25. The SMILES string of the molecule is CC(=CC1(C(=O)OC(C)C)CC1(C)C)CO. The fourth-order valence-electron chi connectivity index (χ4n) is 2.09. The molecule has 0 aromatic carbocycles. The number of hydrogen-bond acceptors (Lipinski definition) is 3. The molecule has 0 bridgehead atoms. The van der Waals surface area contributed by atoms with E-state index in [1.165, 1.54) is 0 Å². The lowest BCUT2D eigenvalue weighted by molar-refractivity contribution is -0.153. The number of hydrogen-bond donors (Lipinski definition) is 1. The fourth-order valence-corrected chi connectivity index (χ4v) is 2.09. The van der Waals surface area contributed by atoms with Gasteiger partial charge in [0.25, 0.3) is 0 Å². The minimum atomic E-state index is -0.524. The predicted molar refractivity (Wildman–Crippen MR) is 62.9 cm³/mol. The fraction of sp³-hybridized carbons (Fsp3) is 0.769. The van der Waals surface area contributed by atoms with Crippen LogP contribution in [0.25, 0.3) is 0 Å². The molecule has 92 valence electrons. The summed E-state index contributed by atoms with van der Waals surface area (Å²) in [7, 11) is 0. The van der Waals surface area contributed by atoms with Gasteiger partial charge < -0.3 is 9.84 Å². The van der Waals surface area contributed by atoms with Crippen molar-refractivity contribution in [3.8, 4) is 0 Å². The lowest BCUT2D eigenvalue weighted by Gasteiger charge is -2.18. The van der Waals surface area contributed by atoms with Crippen LogP contribution in [0.4, 0.5) is 0 Å². The van der Waals surface area contributed by atoms with Crippen LogP contribution in [-0.4, -0.2) is 23.8 Å². The van der Waals surface area contributed by atoms with Gasteiger partial charge in [-0.3, -0.25) is 4.79 Å². The van der Waals surface area contributed by atoms with Crippen LogP contribution in [0.5, 0.6) is 0 Å². The van der Waals surface area contributed by atoms with Crippen molar-refractivity contribution in [1.82, 2.24) is 0 Å². The van der Waals surface area contributed by atoms with E-state index in [1.54, 1.807) is 0 Å². The van der Waals surface area contributed by atoms with E-state index in [0.717, 1.165) is 12.0 Å². The van der Waals surface area contributed by atoms with Crippen molar-refractivity contribution in [2.75, 3.05) is 6.61 Å². The van der Waals surface area contributed by atoms with E-state index in [4.69, 9.17) is 9.84 Å². The number of carbonyl (C=O) groups excluding carboxylic acids is 1. The molecule has 3 nitrogen and oxygen atoms in total. The summed E-state index contributed by atoms with van der Waals surface area (Å²) in [6, 6.07) is 0. The Bertz CT molecular complexity index is 315. The molecule has 0 aromatic heterocycles. The smallest absolute Gasteiger partial charge is 0.316 e. The van der Waals surface area contributed by atoms with Crippen LogP contribution >= 0.6 is 0 Å². The highest BCUT2D eigenvalue weighted by atomic mass is 16.5. The Morgan fingerprint density at radius 2 is 2.00 bits per heavy atom. The summed E-state index contributed by atoms with van der Waals surface area (Å²) in [5.41, 5.74) is 0.241. The predicted octanol–water partition coefficient (Wildman–Crippen LogP) is 2.29. The lowest BCUT2D eigenvalue weighted by atomic mass is 9.93. The first-order valence-corrected chi connectivity index (χ1v) is 5.75. The Morgan fingerprint density at radius 1 is 1.50 bits per heavy atom.